The maximum atomic E-state index is 9.25. The molecule has 1 aliphatic carbocycles. The molecule has 1 saturated carbocycles. The van der Waals surface area contributed by atoms with Crippen LogP contribution >= 0.6 is 0 Å². The summed E-state index contributed by atoms with van der Waals surface area (Å²) in [4.78, 5) is 0. The molecule has 0 amide bonds. The number of hydrogen-bond acceptors (Lipinski definition) is 1. The molecule has 0 aromatic rings. The third-order valence-electron chi connectivity index (χ3n) is 2.95. The lowest BCUT2D eigenvalue weighted by Gasteiger charge is -2.21. The van der Waals surface area contributed by atoms with Crippen molar-refractivity contribution in [2.75, 3.05) is 0 Å². The Hall–Kier alpha value is -0.300. The van der Waals surface area contributed by atoms with Crippen molar-refractivity contribution < 1.29 is 5.11 Å². The van der Waals surface area contributed by atoms with E-state index in [2.05, 4.69) is 13.8 Å². The average Bonchev–Trinajstić information content (AvgIpc) is 2.12. The first kappa shape index (κ1) is 10.8. The van der Waals surface area contributed by atoms with Crippen molar-refractivity contribution >= 4 is 0 Å². The average molecular weight is 182 g/mol. The van der Waals surface area contributed by atoms with Crippen LogP contribution in [0.15, 0.2) is 11.6 Å². The molecule has 1 N–H and O–H groups in total. The summed E-state index contributed by atoms with van der Waals surface area (Å²) in [6, 6.07) is 0. The maximum Gasteiger partial charge on any atom is 0.0695 e. The molecule has 0 radical (unpaired) electrons. The van der Waals surface area contributed by atoms with Gasteiger partial charge in [0.2, 0.25) is 0 Å². The number of aliphatic hydroxyl groups excluding tert-OH is 1. The largest absolute Gasteiger partial charge is 0.389 e. The van der Waals surface area contributed by atoms with E-state index in [1.807, 2.05) is 13.0 Å². The van der Waals surface area contributed by atoms with E-state index in [4.69, 9.17) is 0 Å². The van der Waals surface area contributed by atoms with E-state index < -0.39 is 0 Å². The van der Waals surface area contributed by atoms with Gasteiger partial charge in [0.25, 0.3) is 0 Å². The molecular weight excluding hydrogens is 160 g/mol. The van der Waals surface area contributed by atoms with Crippen LogP contribution in [0.3, 0.4) is 0 Å². The zero-order chi connectivity index (χ0) is 9.90. The van der Waals surface area contributed by atoms with Crippen molar-refractivity contribution in [2.45, 2.75) is 59.0 Å². The molecule has 1 nitrogen and oxygen atoms in total. The Bertz CT molecular complexity index is 189. The SMILES string of the molecule is CC(O)/C=C1/CCCC(C)(C)CC1. The van der Waals surface area contributed by atoms with Gasteiger partial charge in [0, 0.05) is 0 Å². The van der Waals surface area contributed by atoms with Crippen LogP contribution in [0, 0.1) is 5.41 Å². The summed E-state index contributed by atoms with van der Waals surface area (Å²) in [5, 5.41) is 9.25. The van der Waals surface area contributed by atoms with Crippen LogP contribution in [0.1, 0.15) is 52.9 Å². The lowest BCUT2D eigenvalue weighted by molar-refractivity contribution is 0.242. The molecule has 0 heterocycles. The van der Waals surface area contributed by atoms with Crippen molar-refractivity contribution in [1.29, 1.82) is 0 Å². The first-order valence-corrected chi connectivity index (χ1v) is 5.37. The molecule has 1 heteroatoms. The first-order valence-electron chi connectivity index (χ1n) is 5.37. The second-order valence-corrected chi connectivity index (χ2v) is 5.08. The Morgan fingerprint density at radius 3 is 2.62 bits per heavy atom. The lowest BCUT2D eigenvalue weighted by Crippen LogP contribution is -2.08. The van der Waals surface area contributed by atoms with Gasteiger partial charge >= 0.3 is 0 Å². The Balaban J connectivity index is 2.54. The summed E-state index contributed by atoms with van der Waals surface area (Å²) < 4.78 is 0. The third-order valence-corrected chi connectivity index (χ3v) is 2.95. The van der Waals surface area contributed by atoms with Crippen molar-refractivity contribution in [2.24, 2.45) is 5.41 Å². The fourth-order valence-corrected chi connectivity index (χ4v) is 2.05. The predicted molar refractivity (Wildman–Crippen MR) is 56.6 cm³/mol. The third kappa shape index (κ3) is 3.95. The molecule has 0 aliphatic heterocycles. The van der Waals surface area contributed by atoms with Gasteiger partial charge in [0.15, 0.2) is 0 Å². The minimum absolute atomic E-state index is 0.267. The van der Waals surface area contributed by atoms with E-state index in [1.165, 1.54) is 37.7 Å². The summed E-state index contributed by atoms with van der Waals surface area (Å²) >= 11 is 0. The smallest absolute Gasteiger partial charge is 0.0695 e. The molecule has 0 spiro atoms. The summed E-state index contributed by atoms with van der Waals surface area (Å²) in [5.74, 6) is 0. The molecule has 1 atom stereocenters. The van der Waals surface area contributed by atoms with Gasteiger partial charge in [-0.05, 0) is 44.4 Å². The molecular formula is C12H22O. The summed E-state index contributed by atoms with van der Waals surface area (Å²) in [7, 11) is 0. The molecule has 0 aromatic carbocycles. The van der Waals surface area contributed by atoms with Crippen LogP contribution in [0.5, 0.6) is 0 Å². The Labute approximate surface area is 81.9 Å². The number of aliphatic hydroxyl groups is 1. The minimum Gasteiger partial charge on any atom is -0.389 e. The van der Waals surface area contributed by atoms with E-state index >= 15 is 0 Å². The number of hydrogen-bond donors (Lipinski definition) is 1. The number of allylic oxidation sites excluding steroid dienone is 1. The van der Waals surface area contributed by atoms with Crippen molar-refractivity contribution in [3.63, 3.8) is 0 Å². The lowest BCUT2D eigenvalue weighted by atomic mass is 9.85. The molecule has 1 unspecified atom stereocenters. The normalized spacial score (nSPS) is 28.5. The van der Waals surface area contributed by atoms with Crippen LogP contribution in [-0.2, 0) is 0 Å². The van der Waals surface area contributed by atoms with Gasteiger partial charge in [0.05, 0.1) is 6.10 Å². The van der Waals surface area contributed by atoms with Crippen molar-refractivity contribution in [1.82, 2.24) is 0 Å². The van der Waals surface area contributed by atoms with Crippen LogP contribution in [0.2, 0.25) is 0 Å². The second-order valence-electron chi connectivity index (χ2n) is 5.08. The van der Waals surface area contributed by atoms with Crippen LogP contribution in [-0.4, -0.2) is 11.2 Å². The summed E-state index contributed by atoms with van der Waals surface area (Å²) in [5.41, 5.74) is 1.97. The summed E-state index contributed by atoms with van der Waals surface area (Å²) in [6.07, 6.45) is 8.01. The maximum absolute atomic E-state index is 9.25. The van der Waals surface area contributed by atoms with Crippen molar-refractivity contribution in [3.05, 3.63) is 11.6 Å². The Kier molecular flexibility index (Phi) is 3.55. The quantitative estimate of drug-likeness (QED) is 0.487. The van der Waals surface area contributed by atoms with Crippen LogP contribution < -0.4 is 0 Å². The molecule has 13 heavy (non-hydrogen) atoms. The van der Waals surface area contributed by atoms with E-state index in [9.17, 15) is 5.11 Å². The zero-order valence-corrected chi connectivity index (χ0v) is 9.14. The van der Waals surface area contributed by atoms with Gasteiger partial charge in [-0.25, -0.2) is 0 Å². The van der Waals surface area contributed by atoms with E-state index in [0.29, 0.717) is 5.41 Å². The molecule has 1 fully saturated rings. The van der Waals surface area contributed by atoms with Gasteiger partial charge in [-0.2, -0.15) is 0 Å². The fraction of sp³-hybridized carbons (Fsp3) is 0.833. The highest BCUT2D eigenvalue weighted by Gasteiger charge is 2.21. The molecule has 1 aliphatic rings. The molecule has 0 aromatic heterocycles. The standard InChI is InChI=1S/C12H22O/c1-10(13)9-11-5-4-7-12(2,3)8-6-11/h9-10,13H,4-8H2,1-3H3/b11-9-. The minimum atomic E-state index is -0.267. The van der Waals surface area contributed by atoms with E-state index in [0.717, 1.165) is 0 Å². The number of rotatable bonds is 1. The molecule has 76 valence electrons. The molecule has 0 saturated heterocycles. The van der Waals surface area contributed by atoms with Crippen LogP contribution in [0.25, 0.3) is 0 Å². The van der Waals surface area contributed by atoms with Gasteiger partial charge in [-0.3, -0.25) is 0 Å². The zero-order valence-electron chi connectivity index (χ0n) is 9.14. The Morgan fingerprint density at radius 1 is 1.31 bits per heavy atom. The van der Waals surface area contributed by atoms with Gasteiger partial charge in [-0.15, -0.1) is 0 Å². The molecule has 1 rings (SSSR count). The Morgan fingerprint density at radius 2 is 2.00 bits per heavy atom. The highest BCUT2D eigenvalue weighted by atomic mass is 16.3. The van der Waals surface area contributed by atoms with E-state index in [1.54, 1.807) is 0 Å². The fourth-order valence-electron chi connectivity index (χ4n) is 2.05. The van der Waals surface area contributed by atoms with Gasteiger partial charge in [-0.1, -0.05) is 25.5 Å². The highest BCUT2D eigenvalue weighted by molar-refractivity contribution is 5.06. The highest BCUT2D eigenvalue weighted by Crippen LogP contribution is 2.35. The van der Waals surface area contributed by atoms with Gasteiger partial charge < -0.3 is 5.11 Å². The van der Waals surface area contributed by atoms with E-state index in [-0.39, 0.29) is 6.10 Å². The summed E-state index contributed by atoms with van der Waals surface area (Å²) in [6.45, 7) is 6.53. The topological polar surface area (TPSA) is 20.2 Å². The second kappa shape index (κ2) is 4.28. The first-order chi connectivity index (χ1) is 5.99. The molecule has 0 bridgehead atoms. The van der Waals surface area contributed by atoms with Crippen molar-refractivity contribution in [3.8, 4) is 0 Å². The van der Waals surface area contributed by atoms with Crippen LogP contribution in [0.4, 0.5) is 0 Å². The predicted octanol–water partition coefficient (Wildman–Crippen LogP) is 3.28. The monoisotopic (exact) mass is 182 g/mol. The van der Waals surface area contributed by atoms with Gasteiger partial charge in [0.1, 0.15) is 0 Å².